The number of halogens is 3. The number of hydrogen-bond donors (Lipinski definition) is 0. The third-order valence-corrected chi connectivity index (χ3v) is 4.78. The number of amides is 1. The fraction of sp³-hybridized carbons (Fsp3) is 0.273. The smallest absolute Gasteiger partial charge is 0.268 e. The molecule has 0 radical (unpaired) electrons. The van der Waals surface area contributed by atoms with E-state index in [1.807, 2.05) is 0 Å². The number of Topliss-reactive ketones (excluding diaryl/α,β-unsaturated/α-hetero) is 1. The molecule has 1 aromatic carbocycles. The molecule has 0 unspecified atom stereocenters. The minimum atomic E-state index is -3.09. The summed E-state index contributed by atoms with van der Waals surface area (Å²) >= 11 is 0. The zero-order valence-electron chi connectivity index (χ0n) is 15.9. The summed E-state index contributed by atoms with van der Waals surface area (Å²) in [6.07, 6.45) is 5.14. The molecule has 1 fully saturated rings. The van der Waals surface area contributed by atoms with Gasteiger partial charge in [-0.25, -0.2) is 13.2 Å². The van der Waals surface area contributed by atoms with Crippen molar-refractivity contribution in [2.24, 2.45) is 0 Å². The van der Waals surface area contributed by atoms with Crippen molar-refractivity contribution in [1.29, 1.82) is 5.26 Å². The quantitative estimate of drug-likeness (QED) is 0.668. The predicted molar refractivity (Wildman–Crippen MR) is 104 cm³/mol. The molecule has 0 N–H and O–H groups in total. The van der Waals surface area contributed by atoms with Crippen LogP contribution >= 0.6 is 0 Å². The number of alkyl halides is 2. The van der Waals surface area contributed by atoms with Gasteiger partial charge in [-0.2, -0.15) is 5.26 Å². The second-order valence-corrected chi connectivity index (χ2v) is 7.00. The van der Waals surface area contributed by atoms with Crippen LogP contribution in [0.3, 0.4) is 0 Å². The van der Waals surface area contributed by atoms with E-state index in [0.29, 0.717) is 11.1 Å². The summed E-state index contributed by atoms with van der Waals surface area (Å²) in [6.45, 7) is -0.806. The fourth-order valence-corrected chi connectivity index (χ4v) is 3.25. The van der Waals surface area contributed by atoms with Crippen molar-refractivity contribution in [3.63, 3.8) is 0 Å². The molecule has 3 rings (SSSR count). The van der Waals surface area contributed by atoms with Crippen LogP contribution in [0.4, 0.5) is 13.2 Å². The largest absolute Gasteiger partial charge is 0.320 e. The van der Waals surface area contributed by atoms with Crippen molar-refractivity contribution in [2.45, 2.75) is 31.2 Å². The van der Waals surface area contributed by atoms with Crippen LogP contribution in [0.25, 0.3) is 12.2 Å². The molecule has 0 bridgehead atoms. The summed E-state index contributed by atoms with van der Waals surface area (Å²) in [5.41, 5.74) is 1.58. The Morgan fingerprint density at radius 1 is 1.20 bits per heavy atom. The van der Waals surface area contributed by atoms with E-state index in [-0.39, 0.29) is 24.4 Å². The van der Waals surface area contributed by atoms with Crippen LogP contribution in [0.1, 0.15) is 40.7 Å². The molecule has 1 saturated heterocycles. The van der Waals surface area contributed by atoms with Gasteiger partial charge < -0.3 is 4.90 Å². The SMILES string of the molecule is N#C[C@@H]1CC(F)(F)CN1C(=O)CCC(=O)c1ccncc1/C=C/c1ccc(F)cc1. The third-order valence-electron chi connectivity index (χ3n) is 4.78. The first-order valence-electron chi connectivity index (χ1n) is 9.27. The Bertz CT molecular complexity index is 1010. The van der Waals surface area contributed by atoms with Gasteiger partial charge in [-0.15, -0.1) is 0 Å². The Kier molecular flexibility index (Phi) is 6.31. The number of nitriles is 1. The summed E-state index contributed by atoms with van der Waals surface area (Å²) < 4.78 is 40.0. The lowest BCUT2D eigenvalue weighted by atomic mass is 10.0. The molecule has 154 valence electrons. The van der Waals surface area contributed by atoms with Gasteiger partial charge in [-0.05, 0) is 23.8 Å². The fourth-order valence-electron chi connectivity index (χ4n) is 3.25. The van der Waals surface area contributed by atoms with Crippen molar-refractivity contribution in [3.8, 4) is 6.07 Å². The molecule has 1 amide bonds. The first-order chi connectivity index (χ1) is 14.3. The zero-order valence-corrected chi connectivity index (χ0v) is 15.9. The maximum Gasteiger partial charge on any atom is 0.268 e. The van der Waals surface area contributed by atoms with E-state index in [9.17, 15) is 22.8 Å². The molecule has 2 aromatic rings. The van der Waals surface area contributed by atoms with Crippen LogP contribution in [-0.2, 0) is 4.79 Å². The Morgan fingerprint density at radius 3 is 2.63 bits per heavy atom. The monoisotopic (exact) mass is 413 g/mol. The Balaban J connectivity index is 1.67. The lowest BCUT2D eigenvalue weighted by molar-refractivity contribution is -0.132. The standard InChI is InChI=1S/C22H18F3N3O2/c23-17-5-2-15(3-6-17)1-4-16-13-27-10-9-19(16)20(29)7-8-21(30)28-14-22(24,25)11-18(28)12-26/h1-6,9-10,13,18H,7-8,11,14H2/b4-1+/t18-/m0/s1. The van der Waals surface area contributed by atoms with Crippen LogP contribution in [0, 0.1) is 17.1 Å². The third kappa shape index (κ3) is 5.11. The molecule has 0 spiro atoms. The lowest BCUT2D eigenvalue weighted by Gasteiger charge is -2.18. The number of hydrogen-bond acceptors (Lipinski definition) is 4. The van der Waals surface area contributed by atoms with Gasteiger partial charge in [0.05, 0.1) is 12.6 Å². The van der Waals surface area contributed by atoms with Crippen LogP contribution in [0.5, 0.6) is 0 Å². The average molecular weight is 413 g/mol. The van der Waals surface area contributed by atoms with Crippen LogP contribution in [0.2, 0.25) is 0 Å². The first kappa shape index (κ1) is 21.2. The highest BCUT2D eigenvalue weighted by Crippen LogP contribution is 2.32. The van der Waals surface area contributed by atoms with Crippen LogP contribution in [0.15, 0.2) is 42.7 Å². The minimum absolute atomic E-state index is 0.180. The average Bonchev–Trinajstić information content (AvgIpc) is 3.06. The van der Waals surface area contributed by atoms with E-state index in [0.717, 1.165) is 10.5 Å². The molecular formula is C22H18F3N3O2. The molecule has 0 aliphatic carbocycles. The number of carbonyl (C=O) groups excluding carboxylic acids is 2. The van der Waals surface area contributed by atoms with Crippen molar-refractivity contribution < 1.29 is 22.8 Å². The van der Waals surface area contributed by atoms with E-state index in [1.54, 1.807) is 30.4 Å². The Morgan fingerprint density at radius 2 is 1.93 bits per heavy atom. The number of benzene rings is 1. The highest BCUT2D eigenvalue weighted by atomic mass is 19.3. The summed E-state index contributed by atoms with van der Waals surface area (Å²) in [4.78, 5) is 29.8. The topological polar surface area (TPSA) is 74.1 Å². The molecule has 5 nitrogen and oxygen atoms in total. The molecule has 1 aliphatic rings. The van der Waals surface area contributed by atoms with E-state index in [4.69, 9.17) is 5.26 Å². The summed E-state index contributed by atoms with van der Waals surface area (Å²) in [6, 6.07) is 7.84. The maximum atomic E-state index is 13.5. The van der Waals surface area contributed by atoms with E-state index in [2.05, 4.69) is 4.98 Å². The van der Waals surface area contributed by atoms with Crippen molar-refractivity contribution >= 4 is 23.8 Å². The normalized spacial score (nSPS) is 17.8. The number of ketones is 1. The second-order valence-electron chi connectivity index (χ2n) is 7.00. The van der Waals surface area contributed by atoms with Crippen LogP contribution < -0.4 is 0 Å². The van der Waals surface area contributed by atoms with Gasteiger partial charge in [0, 0.05) is 42.8 Å². The molecular weight excluding hydrogens is 395 g/mol. The van der Waals surface area contributed by atoms with Crippen molar-refractivity contribution in [2.75, 3.05) is 6.54 Å². The number of likely N-dealkylation sites (tertiary alicyclic amines) is 1. The van der Waals surface area contributed by atoms with Crippen molar-refractivity contribution in [1.82, 2.24) is 9.88 Å². The number of pyridine rings is 1. The van der Waals surface area contributed by atoms with E-state index >= 15 is 0 Å². The number of aromatic nitrogens is 1. The molecule has 1 atom stereocenters. The molecule has 0 saturated carbocycles. The number of nitrogens with zero attached hydrogens (tertiary/aromatic N) is 3. The molecule has 8 heteroatoms. The summed E-state index contributed by atoms with van der Waals surface area (Å²) in [5.74, 6) is -4.44. The second kappa shape index (κ2) is 8.91. The number of rotatable bonds is 6. The zero-order chi connectivity index (χ0) is 21.7. The molecule has 1 aliphatic heterocycles. The van der Waals surface area contributed by atoms with Crippen molar-refractivity contribution in [3.05, 3.63) is 65.2 Å². The first-order valence-corrected chi connectivity index (χ1v) is 9.27. The Hall–Kier alpha value is -3.47. The highest BCUT2D eigenvalue weighted by Gasteiger charge is 2.47. The Labute approximate surface area is 171 Å². The molecule has 1 aromatic heterocycles. The maximum absolute atomic E-state index is 13.5. The lowest BCUT2D eigenvalue weighted by Crippen LogP contribution is -2.36. The van der Waals surface area contributed by atoms with Crippen LogP contribution in [-0.4, -0.2) is 40.1 Å². The van der Waals surface area contributed by atoms with E-state index in [1.165, 1.54) is 30.6 Å². The number of carbonyl (C=O) groups is 2. The van der Waals surface area contributed by atoms with Gasteiger partial charge in [0.1, 0.15) is 11.9 Å². The van der Waals surface area contributed by atoms with Gasteiger partial charge in [0.2, 0.25) is 5.91 Å². The van der Waals surface area contributed by atoms with Gasteiger partial charge in [-0.3, -0.25) is 14.6 Å². The molecule has 30 heavy (non-hydrogen) atoms. The van der Waals surface area contributed by atoms with E-state index < -0.39 is 30.8 Å². The molecule has 2 heterocycles. The van der Waals surface area contributed by atoms with Gasteiger partial charge in [0.25, 0.3) is 5.92 Å². The summed E-state index contributed by atoms with van der Waals surface area (Å²) in [7, 11) is 0. The predicted octanol–water partition coefficient (Wildman–Crippen LogP) is 4.11. The minimum Gasteiger partial charge on any atom is -0.320 e. The van der Waals surface area contributed by atoms with Gasteiger partial charge in [0.15, 0.2) is 5.78 Å². The van der Waals surface area contributed by atoms with Gasteiger partial charge in [-0.1, -0.05) is 24.3 Å². The van der Waals surface area contributed by atoms with Gasteiger partial charge >= 0.3 is 0 Å². The summed E-state index contributed by atoms with van der Waals surface area (Å²) in [5, 5.41) is 9.00. The highest BCUT2D eigenvalue weighted by molar-refractivity contribution is 6.01.